The second-order valence-electron chi connectivity index (χ2n) is 5.33. The molecule has 0 atom stereocenters. The van der Waals surface area contributed by atoms with E-state index in [4.69, 9.17) is 16.1 Å². The van der Waals surface area contributed by atoms with Gasteiger partial charge in [-0.05, 0) is 30.0 Å². The van der Waals surface area contributed by atoms with Gasteiger partial charge in [-0.15, -0.1) is 0 Å². The molecule has 1 rings (SSSR count). The number of hydrogen-bond donors (Lipinski definition) is 3. The molecule has 0 unspecified atom stereocenters. The van der Waals surface area contributed by atoms with E-state index in [1.807, 2.05) is 19.9 Å². The molecule has 0 heterocycles. The fourth-order valence-corrected chi connectivity index (χ4v) is 2.97. The van der Waals surface area contributed by atoms with Crippen LogP contribution in [0.3, 0.4) is 0 Å². The summed E-state index contributed by atoms with van der Waals surface area (Å²) in [6.45, 7) is 3.89. The lowest BCUT2D eigenvalue weighted by atomic mass is 9.90. The highest BCUT2D eigenvalue weighted by atomic mass is 32.2. The fourth-order valence-electron chi connectivity index (χ4n) is 1.62. The number of nitrogens with two attached hydrogens (primary N) is 1. The summed E-state index contributed by atoms with van der Waals surface area (Å²) in [6.07, 6.45) is 0.484. The van der Waals surface area contributed by atoms with Crippen molar-refractivity contribution in [2.75, 3.05) is 18.9 Å². The Morgan fingerprint density at radius 3 is 2.60 bits per heavy atom. The molecule has 0 radical (unpaired) electrons. The third kappa shape index (κ3) is 4.20. The van der Waals surface area contributed by atoms with Crippen molar-refractivity contribution in [1.82, 2.24) is 4.72 Å². The number of benzene rings is 1. The molecule has 110 valence electrons. The largest absolute Gasteiger partial charge is 0.398 e. The van der Waals surface area contributed by atoms with Crippen LogP contribution in [0.25, 0.3) is 0 Å². The Bertz CT molecular complexity index is 618. The van der Waals surface area contributed by atoms with E-state index in [2.05, 4.69) is 4.72 Å². The van der Waals surface area contributed by atoms with E-state index in [9.17, 15) is 8.42 Å². The Kier molecular flexibility index (Phi) is 5.11. The van der Waals surface area contributed by atoms with E-state index in [0.717, 1.165) is 0 Å². The van der Waals surface area contributed by atoms with Crippen LogP contribution in [0.4, 0.5) is 5.69 Å². The lowest BCUT2D eigenvalue weighted by Gasteiger charge is -2.24. The minimum atomic E-state index is -3.73. The minimum absolute atomic E-state index is 0.00622. The van der Waals surface area contributed by atoms with Gasteiger partial charge in [0, 0.05) is 13.2 Å². The zero-order valence-electron chi connectivity index (χ0n) is 11.5. The molecule has 4 N–H and O–H groups in total. The maximum absolute atomic E-state index is 12.2. The van der Waals surface area contributed by atoms with Gasteiger partial charge in [-0.25, -0.2) is 13.1 Å². The third-order valence-corrected chi connectivity index (χ3v) is 4.43. The van der Waals surface area contributed by atoms with Crippen LogP contribution in [-0.4, -0.2) is 26.7 Å². The molecule has 6 nitrogen and oxygen atoms in total. The van der Waals surface area contributed by atoms with Crippen LogP contribution in [-0.2, 0) is 10.0 Å². The van der Waals surface area contributed by atoms with Gasteiger partial charge < -0.3 is 10.8 Å². The third-order valence-electron chi connectivity index (χ3n) is 2.96. The molecule has 0 aliphatic heterocycles. The van der Waals surface area contributed by atoms with Gasteiger partial charge in [0.2, 0.25) is 10.0 Å². The van der Waals surface area contributed by atoms with Crippen LogP contribution >= 0.6 is 0 Å². The molecule has 0 aromatic heterocycles. The molecular formula is C13H19N3O3S. The van der Waals surface area contributed by atoms with Gasteiger partial charge in [0.25, 0.3) is 0 Å². The number of nitrogen functional groups attached to an aromatic ring is 1. The first-order chi connectivity index (χ1) is 9.22. The van der Waals surface area contributed by atoms with E-state index < -0.39 is 10.0 Å². The van der Waals surface area contributed by atoms with Crippen molar-refractivity contribution in [3.8, 4) is 6.07 Å². The van der Waals surface area contributed by atoms with Gasteiger partial charge in [-0.2, -0.15) is 5.26 Å². The van der Waals surface area contributed by atoms with E-state index in [-0.39, 0.29) is 29.1 Å². The number of hydrogen-bond acceptors (Lipinski definition) is 5. The van der Waals surface area contributed by atoms with Crippen LogP contribution in [0.1, 0.15) is 25.8 Å². The van der Waals surface area contributed by atoms with Crippen molar-refractivity contribution in [2.45, 2.75) is 25.2 Å². The highest BCUT2D eigenvalue weighted by molar-refractivity contribution is 7.89. The number of aliphatic hydroxyl groups excluding tert-OH is 1. The molecule has 0 aliphatic rings. The summed E-state index contributed by atoms with van der Waals surface area (Å²) in [5, 5.41) is 17.7. The summed E-state index contributed by atoms with van der Waals surface area (Å²) in [5.41, 5.74) is 5.66. The van der Waals surface area contributed by atoms with Gasteiger partial charge in [0.1, 0.15) is 4.90 Å². The average Bonchev–Trinajstić information content (AvgIpc) is 2.36. The van der Waals surface area contributed by atoms with Crippen molar-refractivity contribution < 1.29 is 13.5 Å². The first-order valence-electron chi connectivity index (χ1n) is 6.12. The summed E-state index contributed by atoms with van der Waals surface area (Å²) in [7, 11) is -3.73. The topological polar surface area (TPSA) is 116 Å². The molecule has 0 spiro atoms. The van der Waals surface area contributed by atoms with Crippen LogP contribution in [0.2, 0.25) is 0 Å². The molecule has 0 bridgehead atoms. The maximum atomic E-state index is 12.2. The van der Waals surface area contributed by atoms with Crippen molar-refractivity contribution in [3.05, 3.63) is 23.8 Å². The molecule has 20 heavy (non-hydrogen) atoms. The van der Waals surface area contributed by atoms with E-state index >= 15 is 0 Å². The summed E-state index contributed by atoms with van der Waals surface area (Å²) in [4.78, 5) is -0.0451. The lowest BCUT2D eigenvalue weighted by Crippen LogP contribution is -2.34. The summed E-state index contributed by atoms with van der Waals surface area (Å²) >= 11 is 0. The molecule has 1 aromatic carbocycles. The molecule has 0 fully saturated rings. The number of nitriles is 1. The minimum Gasteiger partial charge on any atom is -0.398 e. The molecule has 0 saturated carbocycles. The number of rotatable bonds is 6. The molecule has 7 heteroatoms. The lowest BCUT2D eigenvalue weighted by molar-refractivity contribution is 0.213. The Balaban J connectivity index is 2.93. The fraction of sp³-hybridized carbons (Fsp3) is 0.462. The number of sulfonamides is 1. The Morgan fingerprint density at radius 2 is 2.10 bits per heavy atom. The van der Waals surface area contributed by atoms with Crippen molar-refractivity contribution >= 4 is 15.7 Å². The number of anilines is 1. The average molecular weight is 297 g/mol. The molecular weight excluding hydrogens is 278 g/mol. The first kappa shape index (κ1) is 16.4. The monoisotopic (exact) mass is 297 g/mol. The van der Waals surface area contributed by atoms with Crippen molar-refractivity contribution in [3.63, 3.8) is 0 Å². The predicted molar refractivity (Wildman–Crippen MR) is 76.2 cm³/mol. The zero-order valence-corrected chi connectivity index (χ0v) is 12.4. The van der Waals surface area contributed by atoms with Gasteiger partial charge >= 0.3 is 0 Å². The highest BCUT2D eigenvalue weighted by Gasteiger charge is 2.23. The normalized spacial score (nSPS) is 12.1. The van der Waals surface area contributed by atoms with Crippen LogP contribution in [0.15, 0.2) is 23.1 Å². The Hall–Kier alpha value is -1.62. The maximum Gasteiger partial charge on any atom is 0.242 e. The van der Waals surface area contributed by atoms with Crippen molar-refractivity contribution in [1.29, 1.82) is 5.26 Å². The van der Waals surface area contributed by atoms with Gasteiger partial charge in [-0.1, -0.05) is 13.8 Å². The molecule has 0 saturated heterocycles. The summed E-state index contributed by atoms with van der Waals surface area (Å²) in [5.74, 6) is 0. The van der Waals surface area contributed by atoms with Crippen molar-refractivity contribution in [2.24, 2.45) is 5.41 Å². The van der Waals surface area contributed by atoms with E-state index in [0.29, 0.717) is 12.0 Å². The zero-order chi connectivity index (χ0) is 15.4. The molecule has 0 aliphatic carbocycles. The standard InChI is InChI=1S/C13H19N3O3S/c1-13(2,5-6-17)9-16-20(18,19)12-4-3-10(8-14)7-11(12)15/h3-4,7,16-17H,5-6,9,15H2,1-2H3. The number of nitrogens with zero attached hydrogens (tertiary/aromatic N) is 1. The molecule has 1 aromatic rings. The summed E-state index contributed by atoms with van der Waals surface area (Å²) in [6, 6.07) is 5.94. The smallest absolute Gasteiger partial charge is 0.242 e. The number of nitrogens with one attached hydrogen (secondary N) is 1. The van der Waals surface area contributed by atoms with E-state index in [1.165, 1.54) is 18.2 Å². The molecule has 0 amide bonds. The Labute approximate surface area is 119 Å². The van der Waals surface area contributed by atoms with E-state index in [1.54, 1.807) is 0 Å². The summed E-state index contributed by atoms with van der Waals surface area (Å²) < 4.78 is 26.8. The van der Waals surface area contributed by atoms with Gasteiger partial charge in [-0.3, -0.25) is 0 Å². The van der Waals surface area contributed by atoms with Gasteiger partial charge in [0.15, 0.2) is 0 Å². The number of aliphatic hydroxyl groups is 1. The van der Waals surface area contributed by atoms with Gasteiger partial charge in [0.05, 0.1) is 17.3 Å². The predicted octanol–water partition coefficient (Wildman–Crippen LogP) is 0.827. The van der Waals surface area contributed by atoms with Crippen LogP contribution in [0.5, 0.6) is 0 Å². The first-order valence-corrected chi connectivity index (χ1v) is 7.60. The second kappa shape index (κ2) is 6.22. The quantitative estimate of drug-likeness (QED) is 0.672. The SMILES string of the molecule is CC(C)(CCO)CNS(=O)(=O)c1ccc(C#N)cc1N. The highest BCUT2D eigenvalue weighted by Crippen LogP contribution is 2.22. The van der Waals surface area contributed by atoms with Crippen LogP contribution in [0, 0.1) is 16.7 Å². The van der Waals surface area contributed by atoms with Crippen LogP contribution < -0.4 is 10.5 Å². The second-order valence-corrected chi connectivity index (χ2v) is 7.06. The Morgan fingerprint density at radius 1 is 1.45 bits per heavy atom.